The van der Waals surface area contributed by atoms with Crippen LogP contribution in [-0.4, -0.2) is 54.8 Å². The molecule has 0 aliphatic carbocycles. The molecular weight excluding hydrogens is 260 g/mol. The minimum atomic E-state index is -0.437. The van der Waals surface area contributed by atoms with E-state index in [0.717, 1.165) is 32.8 Å². The minimum Gasteiger partial charge on any atom is -0.861 e. The van der Waals surface area contributed by atoms with E-state index in [0.29, 0.717) is 6.54 Å². The number of alkyl halides is 1. The highest BCUT2D eigenvalue weighted by molar-refractivity contribution is 6.26. The predicted molar refractivity (Wildman–Crippen MR) is 61.8 cm³/mol. The Kier molecular flexibility index (Phi) is 4.91. The summed E-state index contributed by atoms with van der Waals surface area (Å²) >= 11 is 5.34. The third kappa shape index (κ3) is 3.94. The average Bonchev–Trinajstić information content (AvgIpc) is 2.85. The van der Waals surface area contributed by atoms with Crippen LogP contribution in [0.4, 0.5) is 5.88 Å². The number of ether oxygens (including phenoxy) is 1. The van der Waals surface area contributed by atoms with E-state index in [1.807, 2.05) is 0 Å². The number of halogens is 1. The smallest absolute Gasteiger partial charge is 0.320 e. The lowest BCUT2D eigenvalue weighted by molar-refractivity contribution is -0.761. The largest absolute Gasteiger partial charge is 0.861 e. The zero-order chi connectivity index (χ0) is 12.8. The molecule has 1 aliphatic rings. The monoisotopic (exact) mass is 274 g/mol. The SMILES string of the molecule is [O-]/C(CCl)=N\c1c[n+](CCN2CCOCC2)no1. The molecule has 2 rings (SSSR count). The number of rotatable bonds is 5. The number of hydrogen-bond donors (Lipinski definition) is 0. The summed E-state index contributed by atoms with van der Waals surface area (Å²) in [6, 6.07) is 0. The summed E-state index contributed by atoms with van der Waals surface area (Å²) in [7, 11) is 0. The molecule has 0 amide bonds. The van der Waals surface area contributed by atoms with Gasteiger partial charge in [-0.2, -0.15) is 0 Å². The number of morpholine rings is 1. The van der Waals surface area contributed by atoms with Crippen LogP contribution in [-0.2, 0) is 11.3 Å². The average molecular weight is 275 g/mol. The Hall–Kier alpha value is -1.18. The van der Waals surface area contributed by atoms with Crippen molar-refractivity contribution < 1.29 is 19.0 Å². The van der Waals surface area contributed by atoms with Crippen LogP contribution in [0.1, 0.15) is 0 Å². The topological polar surface area (TPSA) is 77.8 Å². The molecule has 100 valence electrons. The second kappa shape index (κ2) is 6.67. The molecule has 0 aromatic carbocycles. The predicted octanol–water partition coefficient (Wildman–Crippen LogP) is -1.08. The van der Waals surface area contributed by atoms with Crippen LogP contribution >= 0.6 is 11.6 Å². The molecule has 7 nitrogen and oxygen atoms in total. The molecule has 1 aromatic rings. The van der Waals surface area contributed by atoms with Crippen molar-refractivity contribution >= 4 is 23.4 Å². The van der Waals surface area contributed by atoms with Crippen molar-refractivity contribution in [2.75, 3.05) is 38.7 Å². The Morgan fingerprint density at radius 2 is 2.33 bits per heavy atom. The molecule has 1 aliphatic heterocycles. The number of aromatic nitrogens is 2. The van der Waals surface area contributed by atoms with Gasteiger partial charge in [-0.1, -0.05) is 0 Å². The molecule has 1 fully saturated rings. The van der Waals surface area contributed by atoms with Gasteiger partial charge in [-0.3, -0.25) is 9.42 Å². The maximum absolute atomic E-state index is 11.0. The molecule has 2 heterocycles. The maximum atomic E-state index is 11.0. The van der Waals surface area contributed by atoms with Gasteiger partial charge in [0.2, 0.25) is 5.27 Å². The first kappa shape index (κ1) is 13.3. The number of aliphatic imine (C=N–C) groups is 1. The van der Waals surface area contributed by atoms with E-state index < -0.39 is 5.90 Å². The van der Waals surface area contributed by atoms with E-state index in [4.69, 9.17) is 20.9 Å². The molecule has 0 radical (unpaired) electrons. The molecule has 1 aromatic heterocycles. The fourth-order valence-electron chi connectivity index (χ4n) is 1.64. The van der Waals surface area contributed by atoms with E-state index in [2.05, 4.69) is 15.2 Å². The summed E-state index contributed by atoms with van der Waals surface area (Å²) in [5.74, 6) is -0.412. The maximum Gasteiger partial charge on any atom is 0.320 e. The van der Waals surface area contributed by atoms with Gasteiger partial charge >= 0.3 is 5.88 Å². The lowest BCUT2D eigenvalue weighted by Crippen LogP contribution is -2.45. The first-order valence-electron chi connectivity index (χ1n) is 5.75. The summed E-state index contributed by atoms with van der Waals surface area (Å²) in [5, 5.41) is 14.8. The van der Waals surface area contributed by atoms with E-state index in [-0.39, 0.29) is 11.8 Å². The summed E-state index contributed by atoms with van der Waals surface area (Å²) < 4.78 is 11.8. The molecule has 0 spiro atoms. The molecule has 8 heteroatoms. The zero-order valence-electron chi connectivity index (χ0n) is 9.92. The number of nitrogens with zero attached hydrogens (tertiary/aromatic N) is 4. The van der Waals surface area contributed by atoms with Crippen molar-refractivity contribution in [3.8, 4) is 0 Å². The van der Waals surface area contributed by atoms with Gasteiger partial charge in [0.1, 0.15) is 0 Å². The lowest BCUT2D eigenvalue weighted by atomic mass is 10.4. The normalized spacial score (nSPS) is 18.2. The van der Waals surface area contributed by atoms with Crippen LogP contribution in [0.25, 0.3) is 0 Å². The van der Waals surface area contributed by atoms with Gasteiger partial charge < -0.3 is 9.84 Å². The Morgan fingerprint density at radius 1 is 1.56 bits per heavy atom. The summed E-state index contributed by atoms with van der Waals surface area (Å²) in [5.41, 5.74) is 0. The second-order valence-corrected chi connectivity index (χ2v) is 4.16. The molecule has 0 N–H and O–H groups in total. The van der Waals surface area contributed by atoms with Crippen molar-refractivity contribution in [3.05, 3.63) is 6.20 Å². The lowest BCUT2D eigenvalue weighted by Gasteiger charge is -2.24. The Bertz CT molecular complexity index is 404. The van der Waals surface area contributed by atoms with Crippen LogP contribution in [0, 0.1) is 0 Å². The van der Waals surface area contributed by atoms with E-state index in [1.54, 1.807) is 10.9 Å². The fourth-order valence-corrected chi connectivity index (χ4v) is 1.70. The van der Waals surface area contributed by atoms with E-state index in [1.165, 1.54) is 0 Å². The fraction of sp³-hybridized carbons (Fsp3) is 0.700. The molecule has 0 unspecified atom stereocenters. The van der Waals surface area contributed by atoms with Gasteiger partial charge in [0.05, 0.1) is 25.6 Å². The molecule has 18 heavy (non-hydrogen) atoms. The van der Waals surface area contributed by atoms with Crippen LogP contribution in [0.3, 0.4) is 0 Å². The second-order valence-electron chi connectivity index (χ2n) is 3.90. The minimum absolute atomic E-state index is 0.158. The zero-order valence-corrected chi connectivity index (χ0v) is 10.7. The van der Waals surface area contributed by atoms with Gasteiger partial charge in [-0.15, -0.1) is 11.6 Å². The van der Waals surface area contributed by atoms with Crippen molar-refractivity contribution in [1.29, 1.82) is 0 Å². The van der Waals surface area contributed by atoms with Crippen molar-refractivity contribution in [1.82, 2.24) is 10.2 Å². The van der Waals surface area contributed by atoms with Crippen molar-refractivity contribution in [2.45, 2.75) is 6.54 Å². The highest BCUT2D eigenvalue weighted by Gasteiger charge is 2.15. The van der Waals surface area contributed by atoms with Gasteiger partial charge in [-0.25, -0.2) is 4.99 Å². The highest BCUT2D eigenvalue weighted by atomic mass is 35.5. The van der Waals surface area contributed by atoms with Crippen LogP contribution in [0.5, 0.6) is 0 Å². The van der Waals surface area contributed by atoms with Crippen LogP contribution < -0.4 is 9.79 Å². The number of hydrogen-bond acceptors (Lipinski definition) is 6. The highest BCUT2D eigenvalue weighted by Crippen LogP contribution is 2.05. The first-order chi connectivity index (χ1) is 8.78. The third-order valence-electron chi connectivity index (χ3n) is 2.60. The quantitative estimate of drug-likeness (QED) is 0.296. The molecule has 1 saturated heterocycles. The Balaban J connectivity index is 1.82. The van der Waals surface area contributed by atoms with Crippen molar-refractivity contribution in [3.63, 3.8) is 0 Å². The van der Waals surface area contributed by atoms with Gasteiger partial charge in [0.15, 0.2) is 6.54 Å². The Labute approximate surface area is 110 Å². The van der Waals surface area contributed by atoms with Crippen molar-refractivity contribution in [2.24, 2.45) is 4.99 Å². The molecule has 0 saturated carbocycles. The third-order valence-corrected chi connectivity index (χ3v) is 2.83. The van der Waals surface area contributed by atoms with E-state index >= 15 is 0 Å². The summed E-state index contributed by atoms with van der Waals surface area (Å²) in [6.07, 6.45) is 1.59. The summed E-state index contributed by atoms with van der Waals surface area (Å²) in [4.78, 5) is 5.92. The first-order valence-corrected chi connectivity index (χ1v) is 6.28. The van der Waals surface area contributed by atoms with E-state index in [9.17, 15) is 5.11 Å². The Morgan fingerprint density at radius 3 is 3.06 bits per heavy atom. The van der Waals surface area contributed by atoms with Crippen LogP contribution in [0.2, 0.25) is 0 Å². The molecule has 0 bridgehead atoms. The standard InChI is InChI=1S/C10H15ClN4O3/c11-7-9(16)12-10-8-15(13-18-10)2-1-14-3-5-17-6-4-14/h8H,1-7H2. The molecule has 0 atom stereocenters. The molecular formula is C10H15ClN4O3. The van der Waals surface area contributed by atoms with Gasteiger partial charge in [0, 0.05) is 13.1 Å². The van der Waals surface area contributed by atoms with Crippen LogP contribution in [0.15, 0.2) is 15.7 Å². The summed E-state index contributed by atoms with van der Waals surface area (Å²) in [6.45, 7) is 4.96. The van der Waals surface area contributed by atoms with Gasteiger partial charge in [0.25, 0.3) is 6.20 Å². The van der Waals surface area contributed by atoms with Gasteiger partial charge in [-0.05, 0) is 10.6 Å².